The fourth-order valence-electron chi connectivity index (χ4n) is 1.35. The van der Waals surface area contributed by atoms with Gasteiger partial charge in [-0.2, -0.15) is 5.26 Å². The van der Waals surface area contributed by atoms with Crippen molar-refractivity contribution >= 4 is 5.97 Å². The predicted molar refractivity (Wildman–Crippen MR) is 56.2 cm³/mol. The number of aliphatic carboxylic acids is 1. The summed E-state index contributed by atoms with van der Waals surface area (Å²) < 4.78 is 0. The third-order valence-electron chi connectivity index (χ3n) is 2.52. The lowest BCUT2D eigenvalue weighted by Crippen LogP contribution is -2.28. The van der Waals surface area contributed by atoms with Gasteiger partial charge in [-0.3, -0.25) is 4.79 Å². The Morgan fingerprint density at radius 2 is 2.13 bits per heavy atom. The lowest BCUT2D eigenvalue weighted by Gasteiger charge is -2.17. The van der Waals surface area contributed by atoms with E-state index in [0.29, 0.717) is 0 Å². The first-order valence-electron chi connectivity index (χ1n) is 4.69. The number of nitriles is 1. The number of rotatable bonds is 3. The van der Waals surface area contributed by atoms with Crippen LogP contribution in [0.2, 0.25) is 0 Å². The lowest BCUT2D eigenvalue weighted by atomic mass is 9.84. The van der Waals surface area contributed by atoms with Crippen LogP contribution in [-0.4, -0.2) is 11.1 Å². The van der Waals surface area contributed by atoms with E-state index in [0.717, 1.165) is 11.1 Å². The SMILES string of the molecule is Cc1ccccc1CC(C)(C#N)C(=O)O. The van der Waals surface area contributed by atoms with E-state index in [1.165, 1.54) is 6.92 Å². The maximum Gasteiger partial charge on any atom is 0.324 e. The van der Waals surface area contributed by atoms with Crippen molar-refractivity contribution in [3.8, 4) is 6.07 Å². The second-order valence-electron chi connectivity index (χ2n) is 3.85. The second-order valence-corrected chi connectivity index (χ2v) is 3.85. The topological polar surface area (TPSA) is 61.1 Å². The summed E-state index contributed by atoms with van der Waals surface area (Å²) in [6.45, 7) is 3.36. The van der Waals surface area contributed by atoms with Crippen molar-refractivity contribution in [2.75, 3.05) is 0 Å². The molecular formula is C12H13NO2. The lowest BCUT2D eigenvalue weighted by molar-refractivity contribution is -0.144. The van der Waals surface area contributed by atoms with Crippen LogP contribution >= 0.6 is 0 Å². The Labute approximate surface area is 89.0 Å². The fourth-order valence-corrected chi connectivity index (χ4v) is 1.35. The van der Waals surface area contributed by atoms with Crippen molar-refractivity contribution in [1.82, 2.24) is 0 Å². The molecule has 1 atom stereocenters. The molecule has 0 bridgehead atoms. The molecule has 15 heavy (non-hydrogen) atoms. The van der Waals surface area contributed by atoms with Gasteiger partial charge in [0.15, 0.2) is 5.41 Å². The van der Waals surface area contributed by atoms with Crippen LogP contribution in [0.1, 0.15) is 18.1 Å². The largest absolute Gasteiger partial charge is 0.480 e. The van der Waals surface area contributed by atoms with Crippen LogP contribution < -0.4 is 0 Å². The molecule has 1 N–H and O–H groups in total. The van der Waals surface area contributed by atoms with Gasteiger partial charge in [0, 0.05) is 6.42 Å². The van der Waals surface area contributed by atoms with Gasteiger partial charge in [-0.1, -0.05) is 24.3 Å². The summed E-state index contributed by atoms with van der Waals surface area (Å²) in [5, 5.41) is 17.8. The van der Waals surface area contributed by atoms with Gasteiger partial charge in [0.1, 0.15) is 0 Å². The monoisotopic (exact) mass is 203 g/mol. The zero-order chi connectivity index (χ0) is 11.5. The Morgan fingerprint density at radius 1 is 1.53 bits per heavy atom. The highest BCUT2D eigenvalue weighted by molar-refractivity contribution is 5.78. The van der Waals surface area contributed by atoms with Gasteiger partial charge >= 0.3 is 5.97 Å². The summed E-state index contributed by atoms with van der Waals surface area (Å²) in [5.41, 5.74) is 0.579. The quantitative estimate of drug-likeness (QED) is 0.818. The number of hydrogen-bond acceptors (Lipinski definition) is 2. The number of aryl methyl sites for hydroxylation is 1. The van der Waals surface area contributed by atoms with E-state index >= 15 is 0 Å². The normalized spacial score (nSPS) is 13.9. The number of carboxylic acid groups (broad SMARTS) is 1. The Balaban J connectivity index is 3.01. The molecule has 0 heterocycles. The number of benzene rings is 1. The molecule has 0 fully saturated rings. The van der Waals surface area contributed by atoms with Gasteiger partial charge in [-0.05, 0) is 25.0 Å². The summed E-state index contributed by atoms with van der Waals surface area (Å²) in [6, 6.07) is 9.36. The Hall–Kier alpha value is -1.82. The molecule has 0 saturated heterocycles. The first-order valence-corrected chi connectivity index (χ1v) is 4.69. The van der Waals surface area contributed by atoms with E-state index in [1.807, 2.05) is 37.3 Å². The molecule has 1 aromatic carbocycles. The van der Waals surface area contributed by atoms with E-state index in [4.69, 9.17) is 10.4 Å². The molecule has 0 aliphatic rings. The van der Waals surface area contributed by atoms with Crippen LogP contribution in [0.5, 0.6) is 0 Å². The number of carboxylic acids is 1. The summed E-state index contributed by atoms with van der Waals surface area (Å²) in [5.74, 6) is -1.08. The molecule has 1 rings (SSSR count). The maximum absolute atomic E-state index is 10.9. The van der Waals surface area contributed by atoms with Crippen molar-refractivity contribution < 1.29 is 9.90 Å². The first-order chi connectivity index (χ1) is 6.99. The molecule has 0 aliphatic heterocycles. The average Bonchev–Trinajstić information content (AvgIpc) is 2.21. The summed E-state index contributed by atoms with van der Waals surface area (Å²) in [6.07, 6.45) is 0.242. The zero-order valence-corrected chi connectivity index (χ0v) is 8.82. The Bertz CT molecular complexity index is 420. The van der Waals surface area contributed by atoms with E-state index in [1.54, 1.807) is 0 Å². The van der Waals surface area contributed by atoms with Gasteiger partial charge in [0.05, 0.1) is 6.07 Å². The standard InChI is InChI=1S/C12H13NO2/c1-9-5-3-4-6-10(9)7-12(2,8-13)11(14)15/h3-6H,7H2,1-2H3,(H,14,15). The van der Waals surface area contributed by atoms with E-state index in [2.05, 4.69) is 0 Å². The molecule has 0 aliphatic carbocycles. The molecule has 0 aromatic heterocycles. The Kier molecular flexibility index (Phi) is 3.11. The minimum Gasteiger partial charge on any atom is -0.480 e. The Morgan fingerprint density at radius 3 is 2.60 bits per heavy atom. The summed E-state index contributed by atoms with van der Waals surface area (Å²) in [7, 11) is 0. The molecule has 1 aromatic rings. The average molecular weight is 203 g/mol. The van der Waals surface area contributed by atoms with Gasteiger partial charge in [0.2, 0.25) is 0 Å². The second kappa shape index (κ2) is 4.14. The highest BCUT2D eigenvalue weighted by atomic mass is 16.4. The van der Waals surface area contributed by atoms with Gasteiger partial charge < -0.3 is 5.11 Å². The smallest absolute Gasteiger partial charge is 0.324 e. The molecule has 78 valence electrons. The molecule has 1 unspecified atom stereocenters. The summed E-state index contributed by atoms with van der Waals surface area (Å²) in [4.78, 5) is 10.9. The highest BCUT2D eigenvalue weighted by Gasteiger charge is 2.33. The van der Waals surface area contributed by atoms with Gasteiger partial charge in [-0.25, -0.2) is 0 Å². The molecule has 3 heteroatoms. The predicted octanol–water partition coefficient (Wildman–Crippen LogP) is 2.15. The molecule has 0 spiro atoms. The van der Waals surface area contributed by atoms with Crippen molar-refractivity contribution in [2.45, 2.75) is 20.3 Å². The van der Waals surface area contributed by atoms with Crippen LogP contribution in [0.3, 0.4) is 0 Å². The van der Waals surface area contributed by atoms with Crippen LogP contribution in [-0.2, 0) is 11.2 Å². The molecule has 0 saturated carbocycles. The number of carbonyl (C=O) groups is 1. The van der Waals surface area contributed by atoms with Crippen LogP contribution in [0.25, 0.3) is 0 Å². The van der Waals surface area contributed by atoms with Crippen molar-refractivity contribution in [2.24, 2.45) is 5.41 Å². The number of hydrogen-bond donors (Lipinski definition) is 1. The third-order valence-corrected chi connectivity index (χ3v) is 2.52. The fraction of sp³-hybridized carbons (Fsp3) is 0.333. The van der Waals surface area contributed by atoms with Crippen molar-refractivity contribution in [3.05, 3.63) is 35.4 Å². The van der Waals surface area contributed by atoms with Gasteiger partial charge in [0.25, 0.3) is 0 Å². The minimum atomic E-state index is -1.34. The van der Waals surface area contributed by atoms with Crippen molar-refractivity contribution in [1.29, 1.82) is 5.26 Å². The zero-order valence-electron chi connectivity index (χ0n) is 8.82. The van der Waals surface area contributed by atoms with Gasteiger partial charge in [-0.15, -0.1) is 0 Å². The molecule has 0 amide bonds. The van der Waals surface area contributed by atoms with E-state index < -0.39 is 11.4 Å². The van der Waals surface area contributed by atoms with Crippen LogP contribution in [0, 0.1) is 23.7 Å². The third kappa shape index (κ3) is 2.35. The first kappa shape index (κ1) is 11.3. The van der Waals surface area contributed by atoms with Crippen LogP contribution in [0.15, 0.2) is 24.3 Å². The highest BCUT2D eigenvalue weighted by Crippen LogP contribution is 2.23. The van der Waals surface area contributed by atoms with Crippen LogP contribution in [0.4, 0.5) is 0 Å². The van der Waals surface area contributed by atoms with E-state index in [-0.39, 0.29) is 6.42 Å². The van der Waals surface area contributed by atoms with Crippen molar-refractivity contribution in [3.63, 3.8) is 0 Å². The number of nitrogens with zero attached hydrogens (tertiary/aromatic N) is 1. The molecule has 0 radical (unpaired) electrons. The maximum atomic E-state index is 10.9. The summed E-state index contributed by atoms with van der Waals surface area (Å²) >= 11 is 0. The molecule has 3 nitrogen and oxygen atoms in total. The minimum absolute atomic E-state index is 0.242. The molecular weight excluding hydrogens is 190 g/mol. The van der Waals surface area contributed by atoms with E-state index in [9.17, 15) is 4.79 Å².